The number of ether oxygens (including phenoxy) is 2. The number of halogens is 1. The van der Waals surface area contributed by atoms with E-state index in [1.54, 1.807) is 26.4 Å². The highest BCUT2D eigenvalue weighted by molar-refractivity contribution is 9.10. The van der Waals surface area contributed by atoms with Gasteiger partial charge in [0.1, 0.15) is 11.5 Å². The van der Waals surface area contributed by atoms with Crippen molar-refractivity contribution in [2.24, 2.45) is 5.10 Å². The topological polar surface area (TPSA) is 64.3 Å². The van der Waals surface area contributed by atoms with E-state index in [-0.39, 0.29) is 17.7 Å². The molecule has 1 aliphatic heterocycles. The van der Waals surface area contributed by atoms with Crippen LogP contribution in [0.4, 0.5) is 0 Å². The Morgan fingerprint density at radius 2 is 1.62 bits per heavy atom. The molecule has 7 heteroatoms. The van der Waals surface area contributed by atoms with Crippen LogP contribution in [0, 0.1) is 0 Å². The average Bonchev–Trinajstić information content (AvgIpc) is 3.40. The minimum atomic E-state index is -0.292. The van der Waals surface area contributed by atoms with E-state index in [1.165, 1.54) is 5.01 Å². The molecule has 0 radical (unpaired) electrons. The van der Waals surface area contributed by atoms with Gasteiger partial charge in [0.2, 0.25) is 0 Å². The van der Waals surface area contributed by atoms with Crippen LogP contribution in [-0.2, 0) is 0 Å². The predicted octanol–water partition coefficient (Wildman–Crippen LogP) is 5.05. The molecule has 0 fully saturated rings. The number of carbonyl (C=O) groups is 1. The summed E-state index contributed by atoms with van der Waals surface area (Å²) in [6, 6.07) is 18.4. The van der Waals surface area contributed by atoms with Gasteiger partial charge >= 0.3 is 5.91 Å². The molecule has 1 amide bonds. The fourth-order valence-electron chi connectivity index (χ4n) is 3.28. The van der Waals surface area contributed by atoms with Gasteiger partial charge in [0.25, 0.3) is 0 Å². The van der Waals surface area contributed by atoms with E-state index in [4.69, 9.17) is 13.9 Å². The Labute approximate surface area is 176 Å². The van der Waals surface area contributed by atoms with Crippen molar-refractivity contribution in [1.82, 2.24) is 5.01 Å². The van der Waals surface area contributed by atoms with Crippen molar-refractivity contribution in [3.63, 3.8) is 0 Å². The van der Waals surface area contributed by atoms with Crippen molar-refractivity contribution in [2.45, 2.75) is 12.5 Å². The second-order valence-corrected chi connectivity index (χ2v) is 7.30. The number of methoxy groups -OCH3 is 2. The fourth-order valence-corrected chi connectivity index (χ4v) is 3.59. The highest BCUT2D eigenvalue weighted by Gasteiger charge is 2.35. The van der Waals surface area contributed by atoms with E-state index in [2.05, 4.69) is 21.0 Å². The molecule has 6 nitrogen and oxygen atoms in total. The lowest BCUT2D eigenvalue weighted by molar-refractivity contribution is 0.0677. The molecule has 0 N–H and O–H groups in total. The van der Waals surface area contributed by atoms with Gasteiger partial charge in [-0.15, -0.1) is 0 Å². The van der Waals surface area contributed by atoms with Gasteiger partial charge in [-0.2, -0.15) is 5.10 Å². The van der Waals surface area contributed by atoms with E-state index < -0.39 is 0 Å². The maximum atomic E-state index is 13.1. The smallest absolute Gasteiger partial charge is 0.310 e. The maximum absolute atomic E-state index is 13.1. The van der Waals surface area contributed by atoms with Gasteiger partial charge in [-0.25, -0.2) is 5.01 Å². The number of nitrogens with zero attached hydrogens (tertiary/aromatic N) is 2. The lowest BCUT2D eigenvalue weighted by Gasteiger charge is -2.21. The summed E-state index contributed by atoms with van der Waals surface area (Å²) in [5.74, 6) is 1.47. The predicted molar refractivity (Wildman–Crippen MR) is 112 cm³/mol. The summed E-state index contributed by atoms with van der Waals surface area (Å²) in [6.07, 6.45) is 0.590. The van der Waals surface area contributed by atoms with Gasteiger partial charge in [-0.05, 0) is 75.6 Å². The van der Waals surface area contributed by atoms with E-state index in [9.17, 15) is 4.79 Å². The number of benzene rings is 2. The molecule has 1 atom stereocenters. The Bertz CT molecular complexity index is 1040. The summed E-state index contributed by atoms with van der Waals surface area (Å²) in [4.78, 5) is 13.1. The summed E-state index contributed by atoms with van der Waals surface area (Å²) in [5, 5.41) is 6.15. The SMILES string of the molecule is COc1ccc(C2=NN(C(=O)c3ccc(Br)o3)[C@@H](c3ccc(OC)cc3)C2)cc1. The van der Waals surface area contributed by atoms with Crippen LogP contribution in [0.15, 0.2) is 74.9 Å². The third kappa shape index (κ3) is 3.91. The lowest BCUT2D eigenvalue weighted by atomic mass is 9.98. The highest BCUT2D eigenvalue weighted by atomic mass is 79.9. The van der Waals surface area contributed by atoms with Gasteiger partial charge in [0, 0.05) is 6.42 Å². The summed E-state index contributed by atoms with van der Waals surface area (Å²) >= 11 is 3.25. The molecule has 0 spiro atoms. The van der Waals surface area contributed by atoms with Gasteiger partial charge in [0.05, 0.1) is 26.0 Å². The molecule has 0 unspecified atom stereocenters. The minimum absolute atomic E-state index is 0.232. The molecule has 0 saturated carbocycles. The zero-order chi connectivity index (χ0) is 20.4. The van der Waals surface area contributed by atoms with Crippen LogP contribution < -0.4 is 9.47 Å². The van der Waals surface area contributed by atoms with Crippen LogP contribution in [0.3, 0.4) is 0 Å². The monoisotopic (exact) mass is 454 g/mol. The number of rotatable bonds is 5. The molecule has 29 heavy (non-hydrogen) atoms. The largest absolute Gasteiger partial charge is 0.497 e. The second kappa shape index (κ2) is 8.13. The lowest BCUT2D eigenvalue weighted by Crippen LogP contribution is -2.26. The molecular formula is C22H19BrN2O4. The summed E-state index contributed by atoms with van der Waals surface area (Å²) in [5.41, 5.74) is 2.74. The quantitative estimate of drug-likeness (QED) is 0.540. The van der Waals surface area contributed by atoms with Crippen molar-refractivity contribution in [3.8, 4) is 11.5 Å². The fraction of sp³-hybridized carbons (Fsp3) is 0.182. The number of carbonyl (C=O) groups excluding carboxylic acids is 1. The number of amides is 1. The first-order valence-electron chi connectivity index (χ1n) is 9.04. The molecular weight excluding hydrogens is 436 g/mol. The summed E-state index contributed by atoms with van der Waals surface area (Å²) < 4.78 is 16.4. The molecule has 2 heterocycles. The molecule has 1 aromatic heterocycles. The zero-order valence-electron chi connectivity index (χ0n) is 16.0. The third-order valence-corrected chi connectivity index (χ3v) is 5.25. The standard InChI is InChI=1S/C22H19BrN2O4/c1-27-16-7-3-14(4-8-16)18-13-19(15-5-9-17(28-2)10-6-15)25(24-18)22(26)20-11-12-21(23)29-20/h3-12,19H,13H2,1-2H3/t19-/m1/s1. The van der Waals surface area contributed by atoms with Gasteiger partial charge in [-0.3, -0.25) is 4.79 Å². The van der Waals surface area contributed by atoms with Crippen molar-refractivity contribution in [1.29, 1.82) is 0 Å². The van der Waals surface area contributed by atoms with Crippen LogP contribution in [0.2, 0.25) is 0 Å². The molecule has 0 aliphatic carbocycles. The maximum Gasteiger partial charge on any atom is 0.310 e. The summed E-state index contributed by atoms with van der Waals surface area (Å²) in [6.45, 7) is 0. The van der Waals surface area contributed by atoms with Gasteiger partial charge in [-0.1, -0.05) is 12.1 Å². The van der Waals surface area contributed by atoms with E-state index in [0.717, 1.165) is 28.3 Å². The molecule has 4 rings (SSSR count). The number of hydrogen-bond acceptors (Lipinski definition) is 5. The first kappa shape index (κ1) is 19.3. The number of hydrazone groups is 1. The van der Waals surface area contributed by atoms with Crippen LogP contribution in [0.25, 0.3) is 0 Å². The Morgan fingerprint density at radius 3 is 2.17 bits per heavy atom. The van der Waals surface area contributed by atoms with Crippen LogP contribution in [0.5, 0.6) is 11.5 Å². The Hall–Kier alpha value is -3.06. The highest BCUT2D eigenvalue weighted by Crippen LogP contribution is 2.35. The molecule has 3 aromatic rings. The first-order valence-corrected chi connectivity index (χ1v) is 9.83. The van der Waals surface area contributed by atoms with E-state index in [0.29, 0.717) is 11.1 Å². The van der Waals surface area contributed by atoms with Crippen molar-refractivity contribution >= 4 is 27.5 Å². The molecule has 148 valence electrons. The third-order valence-electron chi connectivity index (χ3n) is 4.83. The zero-order valence-corrected chi connectivity index (χ0v) is 17.5. The van der Waals surface area contributed by atoms with E-state index in [1.807, 2.05) is 48.5 Å². The molecule has 0 bridgehead atoms. The second-order valence-electron chi connectivity index (χ2n) is 6.52. The van der Waals surface area contributed by atoms with Gasteiger partial charge in [0.15, 0.2) is 10.4 Å². The molecule has 2 aromatic carbocycles. The van der Waals surface area contributed by atoms with Gasteiger partial charge < -0.3 is 13.9 Å². The Balaban J connectivity index is 1.69. The van der Waals surface area contributed by atoms with Crippen LogP contribution >= 0.6 is 15.9 Å². The van der Waals surface area contributed by atoms with Crippen molar-refractivity contribution < 1.29 is 18.7 Å². The number of furan rings is 1. The first-order chi connectivity index (χ1) is 14.1. The minimum Gasteiger partial charge on any atom is -0.497 e. The van der Waals surface area contributed by atoms with Crippen molar-refractivity contribution in [2.75, 3.05) is 14.2 Å². The number of hydrogen-bond donors (Lipinski definition) is 0. The molecule has 0 saturated heterocycles. The van der Waals surface area contributed by atoms with E-state index >= 15 is 0 Å². The molecule has 1 aliphatic rings. The average molecular weight is 455 g/mol. The Morgan fingerprint density at radius 1 is 1.00 bits per heavy atom. The Kier molecular flexibility index (Phi) is 5.40. The van der Waals surface area contributed by atoms with Crippen LogP contribution in [-0.4, -0.2) is 30.8 Å². The normalized spacial score (nSPS) is 15.9. The summed E-state index contributed by atoms with van der Waals surface area (Å²) in [7, 11) is 3.25. The van der Waals surface area contributed by atoms with Crippen molar-refractivity contribution in [3.05, 3.63) is 82.2 Å². The van der Waals surface area contributed by atoms with Crippen LogP contribution in [0.1, 0.15) is 34.1 Å².